The predicted molar refractivity (Wildman–Crippen MR) is 69.5 cm³/mol. The van der Waals surface area contributed by atoms with E-state index in [-0.39, 0.29) is 12.0 Å². The third-order valence-corrected chi connectivity index (χ3v) is 5.20. The van der Waals surface area contributed by atoms with Crippen LogP contribution in [0.3, 0.4) is 0 Å². The summed E-state index contributed by atoms with van der Waals surface area (Å²) in [7, 11) is 0. The second-order valence-electron chi connectivity index (χ2n) is 5.22. The highest BCUT2D eigenvalue weighted by atomic mass is 32.2. The summed E-state index contributed by atoms with van der Waals surface area (Å²) in [4.78, 5) is 10.5. The van der Waals surface area contributed by atoms with Gasteiger partial charge in [0.1, 0.15) is 0 Å². The van der Waals surface area contributed by atoms with Crippen LogP contribution in [-0.4, -0.2) is 34.3 Å². The maximum absolute atomic E-state index is 10.5. The second-order valence-corrected chi connectivity index (χ2v) is 6.63. The van der Waals surface area contributed by atoms with Gasteiger partial charge in [-0.25, -0.2) is 0 Å². The molecule has 0 amide bonds. The number of thioether (sulfide) groups is 1. The Bertz CT molecular complexity index is 256. The van der Waals surface area contributed by atoms with Crippen molar-refractivity contribution in [1.82, 2.24) is 0 Å². The Kier molecular flexibility index (Phi) is 4.74. The van der Waals surface area contributed by atoms with E-state index in [2.05, 4.69) is 0 Å². The van der Waals surface area contributed by atoms with E-state index in [1.54, 1.807) is 0 Å². The summed E-state index contributed by atoms with van der Waals surface area (Å²) < 4.78 is 6.03. The fraction of sp³-hybridized carbons (Fsp3) is 0.923. The predicted octanol–water partition coefficient (Wildman–Crippen LogP) is 3.08. The maximum Gasteiger partial charge on any atom is 0.304 e. The summed E-state index contributed by atoms with van der Waals surface area (Å²) >= 11 is 1.83. The summed E-state index contributed by atoms with van der Waals surface area (Å²) in [5.74, 6) is 0.0627. The number of carbonyl (C=O) groups is 1. The number of rotatable bonds is 4. The van der Waals surface area contributed by atoms with Crippen molar-refractivity contribution >= 4 is 17.7 Å². The van der Waals surface area contributed by atoms with Gasteiger partial charge < -0.3 is 9.84 Å². The van der Waals surface area contributed by atoms with Crippen molar-refractivity contribution in [2.45, 2.75) is 62.2 Å². The van der Waals surface area contributed by atoms with Crippen molar-refractivity contribution in [1.29, 1.82) is 0 Å². The van der Waals surface area contributed by atoms with Crippen LogP contribution in [0.25, 0.3) is 0 Å². The number of carboxylic acid groups (broad SMARTS) is 1. The monoisotopic (exact) mass is 258 g/mol. The normalized spacial score (nSPS) is 28.1. The number of ether oxygens (including phenoxy) is 1. The third-order valence-electron chi connectivity index (χ3n) is 3.88. The molecule has 1 atom stereocenters. The summed E-state index contributed by atoms with van der Waals surface area (Å²) in [5.41, 5.74) is 0.150. The van der Waals surface area contributed by atoms with E-state index in [4.69, 9.17) is 9.84 Å². The van der Waals surface area contributed by atoms with Gasteiger partial charge in [0.25, 0.3) is 0 Å². The largest absolute Gasteiger partial charge is 0.481 e. The molecule has 1 heterocycles. The molecule has 0 aromatic carbocycles. The van der Waals surface area contributed by atoms with Gasteiger partial charge in [-0.1, -0.05) is 19.3 Å². The van der Waals surface area contributed by atoms with Gasteiger partial charge in [-0.2, -0.15) is 11.8 Å². The molecule has 3 nitrogen and oxygen atoms in total. The standard InChI is InChI=1S/C13H22O3S/c14-12(15)5-9-17-11-4-8-16-13(10-11)6-2-1-3-7-13/h11H,1-10H2,(H,14,15). The SMILES string of the molecule is O=C(O)CCSC1CCOC2(CCCCC2)C1. The highest BCUT2D eigenvalue weighted by molar-refractivity contribution is 7.99. The molecule has 0 aromatic rings. The Hall–Kier alpha value is -0.220. The highest BCUT2D eigenvalue weighted by Crippen LogP contribution is 2.41. The quantitative estimate of drug-likeness (QED) is 0.841. The lowest BCUT2D eigenvalue weighted by molar-refractivity contribution is -0.136. The van der Waals surface area contributed by atoms with Gasteiger partial charge in [-0.3, -0.25) is 4.79 Å². The highest BCUT2D eigenvalue weighted by Gasteiger charge is 2.38. The molecule has 2 fully saturated rings. The molecule has 1 saturated heterocycles. The Morgan fingerprint density at radius 3 is 2.82 bits per heavy atom. The third kappa shape index (κ3) is 3.88. The lowest BCUT2D eigenvalue weighted by Crippen LogP contribution is -2.42. The molecular formula is C13H22O3S. The van der Waals surface area contributed by atoms with Crippen LogP contribution in [0.5, 0.6) is 0 Å². The van der Waals surface area contributed by atoms with Crippen molar-refractivity contribution in [2.24, 2.45) is 0 Å². The van der Waals surface area contributed by atoms with Crippen molar-refractivity contribution in [3.05, 3.63) is 0 Å². The van der Waals surface area contributed by atoms with Crippen molar-refractivity contribution in [3.8, 4) is 0 Å². The molecule has 1 aliphatic carbocycles. The summed E-state index contributed by atoms with van der Waals surface area (Å²) in [6.45, 7) is 0.866. The zero-order valence-electron chi connectivity index (χ0n) is 10.3. The van der Waals surface area contributed by atoms with E-state index in [9.17, 15) is 4.79 Å². The van der Waals surface area contributed by atoms with Gasteiger partial charge in [0.05, 0.1) is 12.0 Å². The van der Waals surface area contributed by atoms with Crippen LogP contribution in [0, 0.1) is 0 Å². The van der Waals surface area contributed by atoms with Crippen LogP contribution in [0.2, 0.25) is 0 Å². The average Bonchev–Trinajstić information content (AvgIpc) is 2.29. The van der Waals surface area contributed by atoms with E-state index >= 15 is 0 Å². The van der Waals surface area contributed by atoms with E-state index in [1.165, 1.54) is 32.1 Å². The van der Waals surface area contributed by atoms with Crippen LogP contribution < -0.4 is 0 Å². The molecule has 0 radical (unpaired) electrons. The first-order valence-corrected chi connectivity index (χ1v) is 7.72. The van der Waals surface area contributed by atoms with Crippen LogP contribution in [0.15, 0.2) is 0 Å². The molecule has 2 rings (SSSR count). The minimum atomic E-state index is -0.683. The first-order chi connectivity index (χ1) is 8.20. The zero-order chi connectivity index (χ0) is 12.1. The Morgan fingerprint density at radius 1 is 1.35 bits per heavy atom. The second kappa shape index (κ2) is 6.10. The van der Waals surface area contributed by atoms with Crippen LogP contribution in [-0.2, 0) is 9.53 Å². The lowest BCUT2D eigenvalue weighted by atomic mass is 9.80. The summed E-state index contributed by atoms with van der Waals surface area (Å²) in [5, 5.41) is 9.26. The molecule has 1 aliphatic heterocycles. The van der Waals surface area contributed by atoms with E-state index in [0.29, 0.717) is 5.25 Å². The molecule has 2 aliphatic rings. The van der Waals surface area contributed by atoms with Gasteiger partial charge in [0, 0.05) is 17.6 Å². The van der Waals surface area contributed by atoms with E-state index in [1.807, 2.05) is 11.8 Å². The number of aliphatic carboxylic acids is 1. The zero-order valence-corrected chi connectivity index (χ0v) is 11.1. The molecule has 17 heavy (non-hydrogen) atoms. The molecule has 4 heteroatoms. The van der Waals surface area contributed by atoms with Gasteiger partial charge in [-0.05, 0) is 25.7 Å². The molecule has 0 aromatic heterocycles. The fourth-order valence-electron chi connectivity index (χ4n) is 2.98. The average molecular weight is 258 g/mol. The Balaban J connectivity index is 1.77. The molecule has 1 spiro atoms. The molecule has 1 saturated carbocycles. The molecule has 1 N–H and O–H groups in total. The summed E-state index contributed by atoms with van der Waals surface area (Å²) in [6.07, 6.45) is 8.88. The van der Waals surface area contributed by atoms with Crippen molar-refractivity contribution < 1.29 is 14.6 Å². The number of carboxylic acids is 1. The molecule has 98 valence electrons. The Labute approximate surface area is 107 Å². The smallest absolute Gasteiger partial charge is 0.304 e. The van der Waals surface area contributed by atoms with Gasteiger partial charge in [0.2, 0.25) is 0 Å². The van der Waals surface area contributed by atoms with Crippen LogP contribution in [0.4, 0.5) is 0 Å². The number of hydrogen-bond donors (Lipinski definition) is 1. The first-order valence-electron chi connectivity index (χ1n) is 6.68. The van der Waals surface area contributed by atoms with E-state index in [0.717, 1.165) is 25.2 Å². The minimum Gasteiger partial charge on any atom is -0.481 e. The Morgan fingerprint density at radius 2 is 2.12 bits per heavy atom. The first kappa shape index (κ1) is 13.2. The van der Waals surface area contributed by atoms with Crippen LogP contribution in [0.1, 0.15) is 51.4 Å². The molecule has 1 unspecified atom stereocenters. The topological polar surface area (TPSA) is 46.5 Å². The van der Waals surface area contributed by atoms with Crippen LogP contribution >= 0.6 is 11.8 Å². The molecule has 0 bridgehead atoms. The maximum atomic E-state index is 10.5. The summed E-state index contributed by atoms with van der Waals surface area (Å²) in [6, 6.07) is 0. The number of hydrogen-bond acceptors (Lipinski definition) is 3. The lowest BCUT2D eigenvalue weighted by Gasteiger charge is -2.43. The van der Waals surface area contributed by atoms with Crippen molar-refractivity contribution in [2.75, 3.05) is 12.4 Å². The molecular weight excluding hydrogens is 236 g/mol. The van der Waals surface area contributed by atoms with E-state index < -0.39 is 5.97 Å². The van der Waals surface area contributed by atoms with Gasteiger partial charge >= 0.3 is 5.97 Å². The fourth-order valence-corrected chi connectivity index (χ4v) is 4.29. The van der Waals surface area contributed by atoms with Gasteiger partial charge in [0.15, 0.2) is 0 Å². The van der Waals surface area contributed by atoms with Crippen molar-refractivity contribution in [3.63, 3.8) is 0 Å². The van der Waals surface area contributed by atoms with Gasteiger partial charge in [-0.15, -0.1) is 0 Å². The minimum absolute atomic E-state index is 0.150.